The third-order valence-electron chi connectivity index (χ3n) is 3.61. The van der Waals surface area contributed by atoms with Crippen molar-refractivity contribution in [2.45, 2.75) is 53.0 Å². The Morgan fingerprint density at radius 1 is 1.12 bits per heavy atom. The van der Waals surface area contributed by atoms with Gasteiger partial charge in [-0.2, -0.15) is 0 Å². The second-order valence-electron chi connectivity index (χ2n) is 7.18. The van der Waals surface area contributed by atoms with Gasteiger partial charge in [0.15, 0.2) is 0 Å². The largest absolute Gasteiger partial charge is 0.480 e. The lowest BCUT2D eigenvalue weighted by atomic mass is 9.99. The van der Waals surface area contributed by atoms with Crippen LogP contribution >= 0.6 is 0 Å². The molecule has 0 spiro atoms. The Balaban J connectivity index is 4.33. The number of amides is 2. The summed E-state index contributed by atoms with van der Waals surface area (Å²) < 4.78 is 5.53. The summed E-state index contributed by atoms with van der Waals surface area (Å²) in [7, 11) is 3.12. The zero-order valence-electron chi connectivity index (χ0n) is 15.8. The second-order valence-corrected chi connectivity index (χ2v) is 7.18. The average Bonchev–Trinajstić information content (AvgIpc) is 2.48. The van der Waals surface area contributed by atoms with Crippen LogP contribution in [0.15, 0.2) is 0 Å². The molecule has 1 unspecified atom stereocenters. The van der Waals surface area contributed by atoms with Crippen LogP contribution in [0.3, 0.4) is 0 Å². The molecule has 0 saturated heterocycles. The molecule has 0 aromatic rings. The van der Waals surface area contributed by atoms with Crippen molar-refractivity contribution in [3.63, 3.8) is 0 Å². The van der Waals surface area contributed by atoms with E-state index in [1.165, 1.54) is 16.8 Å². The molecule has 1 N–H and O–H groups in total. The second kappa shape index (κ2) is 10.3. The van der Waals surface area contributed by atoms with Gasteiger partial charge in [-0.1, -0.05) is 27.7 Å². The highest BCUT2D eigenvalue weighted by atomic mass is 16.5. The zero-order chi connectivity index (χ0) is 18.9. The van der Waals surface area contributed by atoms with Crippen molar-refractivity contribution in [1.82, 2.24) is 9.80 Å². The number of carbonyl (C=O) groups is 3. The van der Waals surface area contributed by atoms with Crippen molar-refractivity contribution in [3.05, 3.63) is 0 Å². The van der Waals surface area contributed by atoms with Gasteiger partial charge >= 0.3 is 5.97 Å². The van der Waals surface area contributed by atoms with E-state index in [0.717, 1.165) is 0 Å². The number of carboxylic acid groups (broad SMARTS) is 1. The van der Waals surface area contributed by atoms with Crippen LogP contribution in [0, 0.1) is 5.41 Å². The van der Waals surface area contributed by atoms with Gasteiger partial charge in [0.1, 0.15) is 6.04 Å². The Labute approximate surface area is 144 Å². The molecule has 0 saturated carbocycles. The predicted octanol–water partition coefficient (Wildman–Crippen LogP) is 1.61. The third-order valence-corrected chi connectivity index (χ3v) is 3.61. The Morgan fingerprint density at radius 3 is 2.17 bits per heavy atom. The van der Waals surface area contributed by atoms with E-state index in [1.54, 1.807) is 14.0 Å². The molecule has 0 aliphatic rings. The molecule has 0 radical (unpaired) electrons. The normalized spacial score (nSPS) is 12.6. The first-order chi connectivity index (χ1) is 11.0. The molecule has 0 rings (SSSR count). The van der Waals surface area contributed by atoms with Gasteiger partial charge in [0.25, 0.3) is 0 Å². The third kappa shape index (κ3) is 8.86. The van der Waals surface area contributed by atoms with E-state index >= 15 is 0 Å². The Kier molecular flexibility index (Phi) is 9.58. The quantitative estimate of drug-likeness (QED) is 0.608. The number of nitrogens with zero attached hydrogens (tertiary/aromatic N) is 2. The van der Waals surface area contributed by atoms with E-state index in [0.29, 0.717) is 19.8 Å². The Bertz CT molecular complexity index is 431. The lowest BCUT2D eigenvalue weighted by molar-refractivity contribution is -0.149. The summed E-state index contributed by atoms with van der Waals surface area (Å²) in [5.41, 5.74) is 0.0771. The summed E-state index contributed by atoms with van der Waals surface area (Å²) in [6.07, 6.45) is 0.414. The maximum absolute atomic E-state index is 12.1. The number of carboxylic acids is 1. The number of hydrogen-bond donors (Lipinski definition) is 1. The minimum Gasteiger partial charge on any atom is -0.480 e. The van der Waals surface area contributed by atoms with Gasteiger partial charge in [0.05, 0.1) is 13.2 Å². The summed E-state index contributed by atoms with van der Waals surface area (Å²) >= 11 is 0. The van der Waals surface area contributed by atoms with Gasteiger partial charge in [0.2, 0.25) is 11.8 Å². The summed E-state index contributed by atoms with van der Waals surface area (Å²) in [6, 6.07) is -0.980. The number of rotatable bonds is 10. The van der Waals surface area contributed by atoms with Gasteiger partial charge in [0, 0.05) is 33.5 Å². The molecule has 0 aromatic carbocycles. The summed E-state index contributed by atoms with van der Waals surface area (Å²) in [4.78, 5) is 37.8. The highest BCUT2D eigenvalue weighted by molar-refractivity contribution is 5.84. The lowest BCUT2D eigenvalue weighted by Crippen LogP contribution is -2.43. The molecule has 7 nitrogen and oxygen atoms in total. The molecule has 1 atom stereocenters. The molecule has 0 aliphatic carbocycles. The zero-order valence-corrected chi connectivity index (χ0v) is 15.8. The highest BCUT2D eigenvalue weighted by Crippen LogP contribution is 2.13. The first-order valence-corrected chi connectivity index (χ1v) is 8.29. The molecule has 0 aliphatic heterocycles. The van der Waals surface area contributed by atoms with Crippen LogP contribution < -0.4 is 0 Å². The van der Waals surface area contributed by atoms with Crippen molar-refractivity contribution >= 4 is 17.8 Å². The number of carbonyl (C=O) groups excluding carboxylic acids is 2. The molecule has 2 amide bonds. The maximum atomic E-state index is 12.1. The molecule has 0 aromatic heterocycles. The minimum atomic E-state index is -1.09. The summed E-state index contributed by atoms with van der Waals surface area (Å²) in [5.74, 6) is -1.50. The van der Waals surface area contributed by atoms with Crippen molar-refractivity contribution in [3.8, 4) is 0 Å². The smallest absolute Gasteiger partial charge is 0.326 e. The lowest BCUT2D eigenvalue weighted by Gasteiger charge is -2.25. The van der Waals surface area contributed by atoms with Crippen LogP contribution in [0.4, 0.5) is 0 Å². The van der Waals surface area contributed by atoms with Gasteiger partial charge in [-0.25, -0.2) is 4.79 Å². The number of likely N-dealkylation sites (N-methyl/N-ethyl adjacent to an activating group) is 2. The van der Waals surface area contributed by atoms with Crippen LogP contribution in [-0.2, 0) is 19.1 Å². The van der Waals surface area contributed by atoms with E-state index in [1.807, 2.05) is 0 Å². The summed E-state index contributed by atoms with van der Waals surface area (Å²) in [5, 5.41) is 9.25. The van der Waals surface area contributed by atoms with E-state index < -0.39 is 12.0 Å². The van der Waals surface area contributed by atoms with Crippen molar-refractivity contribution in [2.24, 2.45) is 5.41 Å². The fraction of sp³-hybridized carbons (Fsp3) is 0.824. The van der Waals surface area contributed by atoms with Crippen molar-refractivity contribution < 1.29 is 24.2 Å². The van der Waals surface area contributed by atoms with E-state index in [-0.39, 0.29) is 36.5 Å². The van der Waals surface area contributed by atoms with Crippen LogP contribution in [0.25, 0.3) is 0 Å². The van der Waals surface area contributed by atoms with E-state index in [9.17, 15) is 19.5 Å². The molecule has 0 heterocycles. The van der Waals surface area contributed by atoms with Crippen molar-refractivity contribution in [1.29, 1.82) is 0 Å². The molecular weight excluding hydrogens is 312 g/mol. The first kappa shape index (κ1) is 22.4. The number of ether oxygens (including phenoxy) is 1. The molecule has 7 heteroatoms. The van der Waals surface area contributed by atoms with Crippen LogP contribution in [-0.4, -0.2) is 72.6 Å². The SMILES string of the molecule is CCC(=O)N(C)C(CCC(=O)N(C)CCOCC(C)(C)C)C(=O)O. The number of hydrogen-bond acceptors (Lipinski definition) is 4. The van der Waals surface area contributed by atoms with Crippen LogP contribution in [0.1, 0.15) is 47.0 Å². The van der Waals surface area contributed by atoms with Gasteiger partial charge < -0.3 is 19.6 Å². The van der Waals surface area contributed by atoms with Crippen LogP contribution in [0.2, 0.25) is 0 Å². The fourth-order valence-electron chi connectivity index (χ4n) is 2.06. The average molecular weight is 344 g/mol. The molecule has 0 fully saturated rings. The minimum absolute atomic E-state index is 0.0771. The Morgan fingerprint density at radius 2 is 1.71 bits per heavy atom. The molecule has 0 bridgehead atoms. The van der Waals surface area contributed by atoms with Gasteiger partial charge in [-0.15, -0.1) is 0 Å². The maximum Gasteiger partial charge on any atom is 0.326 e. The molecule has 140 valence electrons. The fourth-order valence-corrected chi connectivity index (χ4v) is 2.06. The topological polar surface area (TPSA) is 87.2 Å². The first-order valence-electron chi connectivity index (χ1n) is 8.29. The molecule has 24 heavy (non-hydrogen) atoms. The van der Waals surface area contributed by atoms with Crippen LogP contribution in [0.5, 0.6) is 0 Å². The van der Waals surface area contributed by atoms with Crippen molar-refractivity contribution in [2.75, 3.05) is 33.9 Å². The number of aliphatic carboxylic acids is 1. The summed E-state index contributed by atoms with van der Waals surface area (Å²) in [6.45, 7) is 9.40. The van der Waals surface area contributed by atoms with Gasteiger partial charge in [-0.3, -0.25) is 9.59 Å². The van der Waals surface area contributed by atoms with E-state index in [4.69, 9.17) is 4.74 Å². The standard InChI is InChI=1S/C17H32N2O5/c1-7-14(20)19(6)13(16(22)23)8-9-15(21)18(5)10-11-24-12-17(2,3)4/h13H,7-12H2,1-6H3,(H,22,23). The predicted molar refractivity (Wildman–Crippen MR) is 91.6 cm³/mol. The highest BCUT2D eigenvalue weighted by Gasteiger charge is 2.26. The van der Waals surface area contributed by atoms with Gasteiger partial charge in [-0.05, 0) is 11.8 Å². The Hall–Kier alpha value is -1.63. The molecular formula is C17H32N2O5. The monoisotopic (exact) mass is 344 g/mol. The van der Waals surface area contributed by atoms with E-state index in [2.05, 4.69) is 20.8 Å².